The molecule has 17 nitrogen and oxygen atoms in total. The molecule has 2 aliphatic heterocycles. The first kappa shape index (κ1) is 48.6. The van der Waals surface area contributed by atoms with Crippen molar-refractivity contribution in [2.45, 2.75) is 115 Å². The Labute approximate surface area is 388 Å². The van der Waals surface area contributed by atoms with E-state index < -0.39 is 91.6 Å². The fourth-order valence-electron chi connectivity index (χ4n) is 7.99. The van der Waals surface area contributed by atoms with Gasteiger partial charge in [0.25, 0.3) is 0 Å². The molecule has 0 N–H and O–H groups in total. The number of aromatic nitrogens is 3. The van der Waals surface area contributed by atoms with E-state index >= 15 is 0 Å². The van der Waals surface area contributed by atoms with Crippen LogP contribution in [0.4, 0.5) is 0 Å². The average Bonchev–Trinajstić information content (AvgIpc) is 3.81. The Bertz CT molecular complexity index is 2340. The smallest absolute Gasteiger partial charge is 0.303 e. The first-order chi connectivity index (χ1) is 32.5. The van der Waals surface area contributed by atoms with Gasteiger partial charge in [-0.2, -0.15) is 0 Å². The van der Waals surface area contributed by atoms with Crippen molar-refractivity contribution in [3.8, 4) is 0 Å². The number of carbonyl (C=O) groups is 4. The highest BCUT2D eigenvalue weighted by Gasteiger charge is 2.54. The maximum Gasteiger partial charge on any atom is 0.303 e. The third-order valence-electron chi connectivity index (χ3n) is 10.9. The summed E-state index contributed by atoms with van der Waals surface area (Å²) in [6.07, 6.45) is -9.49. The number of esters is 4. The lowest BCUT2D eigenvalue weighted by Crippen LogP contribution is -2.60. The molecule has 10 unspecified atom stereocenters. The number of ether oxygens (including phenoxy) is 10. The molecule has 10 atom stereocenters. The van der Waals surface area contributed by atoms with Gasteiger partial charge in [-0.3, -0.25) is 19.2 Å². The summed E-state index contributed by atoms with van der Waals surface area (Å²) in [6.45, 7) is 5.19. The van der Waals surface area contributed by atoms with Gasteiger partial charge in [0.2, 0.25) is 0 Å². The van der Waals surface area contributed by atoms with Crippen LogP contribution in [-0.4, -0.2) is 101 Å². The lowest BCUT2D eigenvalue weighted by atomic mass is 9.92. The fourth-order valence-corrected chi connectivity index (χ4v) is 7.99. The number of nitrogens with zero attached hydrogens (tertiary/aromatic N) is 3. The molecule has 0 radical (unpaired) electrons. The highest BCUT2D eigenvalue weighted by molar-refractivity contribution is 5.68. The van der Waals surface area contributed by atoms with Crippen LogP contribution in [0.2, 0.25) is 0 Å². The van der Waals surface area contributed by atoms with E-state index in [0.717, 1.165) is 43.0 Å². The highest BCUT2D eigenvalue weighted by atomic mass is 16.7. The van der Waals surface area contributed by atoms with Crippen molar-refractivity contribution < 1.29 is 66.5 Å². The molecular weight excluding hydrogens is 867 g/mol. The maximum absolute atomic E-state index is 12.7. The number of hydrogen-bond acceptors (Lipinski definition) is 16. The number of rotatable bonds is 20. The van der Waals surface area contributed by atoms with Gasteiger partial charge in [0.15, 0.2) is 24.5 Å². The summed E-state index contributed by atoms with van der Waals surface area (Å²) in [6, 6.07) is 38.9. The van der Waals surface area contributed by atoms with E-state index in [4.69, 9.17) is 47.4 Å². The largest absolute Gasteiger partial charge is 0.463 e. The molecule has 2 aliphatic rings. The molecule has 354 valence electrons. The monoisotopic (exact) mass is 921 g/mol. The first-order valence-electron chi connectivity index (χ1n) is 22.0. The standard InChI is InChI=1S/C50H55N3O14/c1-32(54)59-31-42-45(63-33(2)55)48(64-34(3)56)49(65-35(4)57)50(67-42)53-25-40(51-52-53)43-46(61-28-38-21-13-7-14-22-38)47(62-29-39-23-15-8-16-24-39)44(60-27-37-19-11-6-12-20-37)41(66-43)30-58-26-36-17-9-5-10-18-36/h5-25,41-50H,26-31H2,1-4H3. The van der Waals surface area contributed by atoms with Crippen molar-refractivity contribution in [2.24, 2.45) is 0 Å². The molecule has 2 fully saturated rings. The van der Waals surface area contributed by atoms with Crippen LogP contribution in [0.3, 0.4) is 0 Å². The third kappa shape index (κ3) is 13.6. The molecular formula is C50H55N3O14. The lowest BCUT2D eigenvalue weighted by Gasteiger charge is -2.46. The summed E-state index contributed by atoms with van der Waals surface area (Å²) in [5.74, 6) is -2.94. The summed E-state index contributed by atoms with van der Waals surface area (Å²) < 4.78 is 63.9. The van der Waals surface area contributed by atoms with Crippen LogP contribution in [0.5, 0.6) is 0 Å². The van der Waals surface area contributed by atoms with E-state index in [0.29, 0.717) is 6.61 Å². The SMILES string of the molecule is CC(=O)OCC1OC(n2cc(C3OC(COCc4ccccc4)C(OCc4ccccc4)C(OCc4ccccc4)C3OCc3ccccc3)nn2)C(OC(C)=O)C(OC(C)=O)C1OC(C)=O. The van der Waals surface area contributed by atoms with E-state index in [2.05, 4.69) is 10.3 Å². The van der Waals surface area contributed by atoms with Crippen molar-refractivity contribution in [1.29, 1.82) is 0 Å². The second-order valence-corrected chi connectivity index (χ2v) is 16.1. The molecule has 7 rings (SSSR count). The van der Waals surface area contributed by atoms with Crippen molar-refractivity contribution in [1.82, 2.24) is 15.0 Å². The van der Waals surface area contributed by atoms with Gasteiger partial charge in [-0.25, -0.2) is 4.68 Å². The van der Waals surface area contributed by atoms with Gasteiger partial charge >= 0.3 is 23.9 Å². The van der Waals surface area contributed by atoms with Crippen LogP contribution in [0.25, 0.3) is 0 Å². The zero-order valence-electron chi connectivity index (χ0n) is 37.7. The predicted octanol–water partition coefficient (Wildman–Crippen LogP) is 5.95. The second-order valence-electron chi connectivity index (χ2n) is 16.1. The molecule has 67 heavy (non-hydrogen) atoms. The Morgan fingerprint density at radius 1 is 0.493 bits per heavy atom. The van der Waals surface area contributed by atoms with Crippen LogP contribution in [0.15, 0.2) is 128 Å². The van der Waals surface area contributed by atoms with Gasteiger partial charge in [-0.1, -0.05) is 127 Å². The lowest BCUT2D eigenvalue weighted by molar-refractivity contribution is -0.276. The molecule has 4 aromatic carbocycles. The third-order valence-corrected chi connectivity index (χ3v) is 10.9. The summed E-state index contributed by atoms with van der Waals surface area (Å²) in [7, 11) is 0. The number of benzene rings is 4. The molecule has 3 heterocycles. The van der Waals surface area contributed by atoms with Gasteiger partial charge < -0.3 is 47.4 Å². The summed E-state index contributed by atoms with van der Waals surface area (Å²) in [4.78, 5) is 49.7. The minimum atomic E-state index is -1.44. The van der Waals surface area contributed by atoms with E-state index in [1.54, 1.807) is 0 Å². The molecule has 0 spiro atoms. The Kier molecular flexibility index (Phi) is 17.3. The van der Waals surface area contributed by atoms with Crippen molar-refractivity contribution >= 4 is 23.9 Å². The van der Waals surface area contributed by atoms with Gasteiger partial charge in [0.05, 0.1) is 39.2 Å². The number of carbonyl (C=O) groups excluding carboxylic acids is 4. The average molecular weight is 922 g/mol. The minimum Gasteiger partial charge on any atom is -0.463 e. The van der Waals surface area contributed by atoms with Crippen LogP contribution in [0.1, 0.15) is 68.0 Å². The molecule has 17 heteroatoms. The summed E-state index contributed by atoms with van der Waals surface area (Å²) >= 11 is 0. The highest BCUT2D eigenvalue weighted by Crippen LogP contribution is 2.40. The molecule has 0 aliphatic carbocycles. The van der Waals surface area contributed by atoms with Crippen molar-refractivity contribution in [3.63, 3.8) is 0 Å². The molecule has 0 amide bonds. The second kappa shape index (κ2) is 23.9. The number of hydrogen-bond donors (Lipinski definition) is 0. The topological polar surface area (TPSA) is 191 Å². The maximum atomic E-state index is 12.7. The molecule has 2 saturated heterocycles. The summed E-state index contributed by atoms with van der Waals surface area (Å²) in [5, 5.41) is 9.04. The van der Waals surface area contributed by atoms with E-state index in [1.165, 1.54) is 17.8 Å². The molecule has 5 aromatic rings. The Morgan fingerprint density at radius 2 is 0.940 bits per heavy atom. The normalized spacial score (nSPS) is 24.8. The van der Waals surface area contributed by atoms with Crippen molar-refractivity contribution in [3.05, 3.63) is 155 Å². The van der Waals surface area contributed by atoms with Crippen molar-refractivity contribution in [2.75, 3.05) is 13.2 Å². The zero-order valence-corrected chi connectivity index (χ0v) is 37.7. The zero-order chi connectivity index (χ0) is 47.1. The van der Waals surface area contributed by atoms with Gasteiger partial charge in [-0.15, -0.1) is 5.10 Å². The summed E-state index contributed by atoms with van der Waals surface area (Å²) in [5.41, 5.74) is 3.96. The van der Waals surface area contributed by atoms with E-state index in [9.17, 15) is 19.2 Å². The Hall–Kier alpha value is -6.34. The predicted molar refractivity (Wildman–Crippen MR) is 236 cm³/mol. The Balaban J connectivity index is 1.29. The first-order valence-corrected chi connectivity index (χ1v) is 22.0. The molecule has 1 aromatic heterocycles. The van der Waals surface area contributed by atoms with Gasteiger partial charge in [-0.05, 0) is 22.3 Å². The van der Waals surface area contributed by atoms with Crippen LogP contribution in [-0.2, 0) is 93.0 Å². The van der Waals surface area contributed by atoms with Gasteiger partial charge in [0, 0.05) is 27.7 Å². The van der Waals surface area contributed by atoms with E-state index in [1.807, 2.05) is 121 Å². The van der Waals surface area contributed by atoms with Gasteiger partial charge in [0.1, 0.15) is 48.9 Å². The van der Waals surface area contributed by atoms with Crippen LogP contribution >= 0.6 is 0 Å². The van der Waals surface area contributed by atoms with Crippen LogP contribution in [0, 0.1) is 0 Å². The van der Waals surface area contributed by atoms with E-state index in [-0.39, 0.29) is 32.1 Å². The van der Waals surface area contributed by atoms with Crippen LogP contribution < -0.4 is 0 Å². The Morgan fingerprint density at radius 3 is 1.45 bits per heavy atom. The quantitative estimate of drug-likeness (QED) is 0.0657. The molecule has 0 saturated carbocycles. The minimum absolute atomic E-state index is 0.0787. The molecule has 0 bridgehead atoms. The fraction of sp³-hybridized carbons (Fsp3) is 0.400.